The molecule has 271 valence electrons. The topological polar surface area (TPSA) is 46.2 Å². The molecule has 0 unspecified atom stereocenters. The molecule has 49 heavy (non-hydrogen) atoms. The van der Waals surface area contributed by atoms with Gasteiger partial charge in [0.05, 0.1) is 13.2 Å². The SMILES string of the molecule is CCCCCCCCCCCC[O][Al-]1[O][C@@H](CCCCCCCCOCc2ccccc2)[C@@H](CCCCCCOCc2ccccc2)[O]1.[Li+]. The van der Waals surface area contributed by atoms with Crippen LogP contribution in [0.3, 0.4) is 0 Å². The summed E-state index contributed by atoms with van der Waals surface area (Å²) in [6.45, 7) is 6.21. The zero-order chi connectivity index (χ0) is 33.6. The molecule has 2 atom stereocenters. The number of hydrogen-bond acceptors (Lipinski definition) is 5. The van der Waals surface area contributed by atoms with E-state index >= 15 is 0 Å². The van der Waals surface area contributed by atoms with Crippen molar-refractivity contribution in [1.29, 1.82) is 0 Å². The standard InChI is InChI=1S/C30H44O4.C12H25O.Al.Li/c31-29(21-13-3-1-2-5-15-23-33-25-27-17-9-7-10-18-27)30(32)22-14-4-6-16-24-34-26-28-19-11-8-12-20-28;1-2-3-4-5-6-7-8-9-10-11-12-13;;/h7-12,17-20,29-30H,1-6,13-16,21-26H2;2-12H2,1H3;;/q-2;-1;+2;+1/t29-,30+;;;/m0.../s1. The molecule has 1 saturated heterocycles. The van der Waals surface area contributed by atoms with Crippen LogP contribution in [0.1, 0.15) is 159 Å². The molecule has 0 amide bonds. The van der Waals surface area contributed by atoms with Crippen molar-refractivity contribution in [2.45, 2.75) is 174 Å². The van der Waals surface area contributed by atoms with Gasteiger partial charge in [0.25, 0.3) is 0 Å². The molecule has 7 heteroatoms. The van der Waals surface area contributed by atoms with E-state index in [0.717, 1.165) is 58.5 Å². The first-order valence-corrected chi connectivity index (χ1v) is 21.4. The fourth-order valence-electron chi connectivity index (χ4n) is 6.54. The van der Waals surface area contributed by atoms with Crippen LogP contribution < -0.4 is 18.9 Å². The minimum absolute atomic E-state index is 0. The minimum Gasteiger partial charge on any atom is -0.634 e. The van der Waals surface area contributed by atoms with Crippen LogP contribution in [-0.4, -0.2) is 47.2 Å². The molecule has 0 saturated carbocycles. The van der Waals surface area contributed by atoms with E-state index in [4.69, 9.17) is 20.8 Å². The van der Waals surface area contributed by atoms with Gasteiger partial charge in [-0.1, -0.05) is 177 Å². The van der Waals surface area contributed by atoms with E-state index in [1.165, 1.54) is 120 Å². The first-order chi connectivity index (χ1) is 23.8. The summed E-state index contributed by atoms with van der Waals surface area (Å²) >= 11 is -2.02. The summed E-state index contributed by atoms with van der Waals surface area (Å²) < 4.78 is 30.9. The molecular formula is C42H69AlLiO5. The summed E-state index contributed by atoms with van der Waals surface area (Å²) in [6, 6.07) is 20.9. The van der Waals surface area contributed by atoms with Crippen LogP contribution in [0.4, 0.5) is 0 Å². The Labute approximate surface area is 318 Å². The van der Waals surface area contributed by atoms with Gasteiger partial charge >= 0.3 is 34.0 Å². The number of benzene rings is 2. The molecule has 2 aromatic carbocycles. The van der Waals surface area contributed by atoms with Crippen LogP contribution >= 0.6 is 0 Å². The van der Waals surface area contributed by atoms with Crippen LogP contribution in [0, 0.1) is 0 Å². The van der Waals surface area contributed by atoms with Gasteiger partial charge in [0.1, 0.15) is 0 Å². The third kappa shape index (κ3) is 23.5. The second kappa shape index (κ2) is 32.1. The van der Waals surface area contributed by atoms with Gasteiger partial charge in [0, 0.05) is 25.4 Å². The van der Waals surface area contributed by atoms with Crippen molar-refractivity contribution >= 4 is 15.1 Å². The zero-order valence-corrected chi connectivity index (χ0v) is 32.8. The summed E-state index contributed by atoms with van der Waals surface area (Å²) in [6.07, 6.45) is 28.3. The molecule has 1 radical (unpaired) electrons. The van der Waals surface area contributed by atoms with E-state index in [1.54, 1.807) is 0 Å². The summed E-state index contributed by atoms with van der Waals surface area (Å²) in [5, 5.41) is 0. The van der Waals surface area contributed by atoms with E-state index < -0.39 is 15.1 Å². The quantitative estimate of drug-likeness (QED) is 0.0569. The Morgan fingerprint density at radius 1 is 0.469 bits per heavy atom. The first-order valence-electron chi connectivity index (χ1n) is 20.0. The molecule has 1 aliphatic heterocycles. The third-order valence-electron chi connectivity index (χ3n) is 9.52. The Kier molecular flexibility index (Phi) is 29.1. The van der Waals surface area contributed by atoms with E-state index in [9.17, 15) is 0 Å². The molecule has 2 aromatic rings. The summed E-state index contributed by atoms with van der Waals surface area (Å²) in [5.74, 6) is 0. The second-order valence-corrected chi connectivity index (χ2v) is 15.3. The van der Waals surface area contributed by atoms with Gasteiger partial charge in [-0.3, -0.25) is 0 Å². The number of ether oxygens (including phenoxy) is 2. The molecule has 3 rings (SSSR count). The Bertz CT molecular complexity index is 968. The summed E-state index contributed by atoms with van der Waals surface area (Å²) in [5.41, 5.74) is 2.51. The molecule has 0 aliphatic carbocycles. The molecule has 0 aromatic heterocycles. The summed E-state index contributed by atoms with van der Waals surface area (Å²) in [4.78, 5) is 0. The van der Waals surface area contributed by atoms with Crippen molar-refractivity contribution in [2.24, 2.45) is 0 Å². The molecule has 0 spiro atoms. The van der Waals surface area contributed by atoms with E-state index in [0.29, 0.717) is 6.61 Å². The van der Waals surface area contributed by atoms with E-state index in [1.807, 2.05) is 0 Å². The number of hydrogen-bond donors (Lipinski definition) is 0. The van der Waals surface area contributed by atoms with Crippen LogP contribution in [0.25, 0.3) is 0 Å². The van der Waals surface area contributed by atoms with Crippen molar-refractivity contribution < 1.29 is 39.7 Å². The van der Waals surface area contributed by atoms with Crippen molar-refractivity contribution in [2.75, 3.05) is 19.8 Å². The van der Waals surface area contributed by atoms with Gasteiger partial charge in [-0.2, -0.15) is 0 Å². The maximum Gasteiger partial charge on any atom is 1.00 e. The predicted molar refractivity (Wildman–Crippen MR) is 201 cm³/mol. The maximum atomic E-state index is 6.48. The van der Waals surface area contributed by atoms with E-state index in [2.05, 4.69) is 67.6 Å². The van der Waals surface area contributed by atoms with Crippen molar-refractivity contribution in [3.8, 4) is 0 Å². The van der Waals surface area contributed by atoms with Gasteiger partial charge in [0.15, 0.2) is 0 Å². The Balaban J connectivity index is 0.00000833. The van der Waals surface area contributed by atoms with E-state index in [-0.39, 0.29) is 31.1 Å². The normalized spacial score (nSPS) is 16.3. The maximum absolute atomic E-state index is 6.48. The Hall–Kier alpha value is -0.630. The molecule has 1 heterocycles. The molecule has 1 aliphatic rings. The predicted octanol–water partition coefficient (Wildman–Crippen LogP) is 8.81. The monoisotopic (exact) mass is 688 g/mol. The molecule has 0 bridgehead atoms. The minimum atomic E-state index is -2.02. The number of rotatable bonds is 32. The second-order valence-electron chi connectivity index (χ2n) is 13.9. The van der Waals surface area contributed by atoms with Gasteiger partial charge in [-0.25, -0.2) is 0 Å². The fourth-order valence-corrected chi connectivity index (χ4v) is 8.31. The largest absolute Gasteiger partial charge is 1.00 e. The molecule has 5 nitrogen and oxygen atoms in total. The van der Waals surface area contributed by atoms with Crippen molar-refractivity contribution in [1.82, 2.24) is 0 Å². The van der Waals surface area contributed by atoms with Crippen molar-refractivity contribution in [3.05, 3.63) is 71.8 Å². The Morgan fingerprint density at radius 3 is 1.27 bits per heavy atom. The van der Waals surface area contributed by atoms with Gasteiger partial charge in [-0.05, 0) is 49.8 Å². The van der Waals surface area contributed by atoms with Crippen LogP contribution in [0.2, 0.25) is 0 Å². The average Bonchev–Trinajstić information content (AvgIpc) is 3.51. The summed E-state index contributed by atoms with van der Waals surface area (Å²) in [7, 11) is 0. The van der Waals surface area contributed by atoms with Crippen LogP contribution in [0.5, 0.6) is 0 Å². The number of unbranched alkanes of at least 4 members (excludes halogenated alkanes) is 17. The van der Waals surface area contributed by atoms with Gasteiger partial charge in [0.2, 0.25) is 0 Å². The Morgan fingerprint density at radius 2 is 0.837 bits per heavy atom. The van der Waals surface area contributed by atoms with Crippen molar-refractivity contribution in [3.63, 3.8) is 0 Å². The zero-order valence-electron chi connectivity index (χ0n) is 31.6. The smallest absolute Gasteiger partial charge is 0.634 e. The molecular weight excluding hydrogens is 618 g/mol. The molecule has 0 N–H and O–H groups in total. The van der Waals surface area contributed by atoms with Crippen LogP contribution in [0.15, 0.2) is 60.7 Å². The average molecular weight is 688 g/mol. The third-order valence-corrected chi connectivity index (χ3v) is 11.2. The van der Waals surface area contributed by atoms with Crippen LogP contribution in [-0.2, 0) is 34.1 Å². The van der Waals surface area contributed by atoms with Gasteiger partial charge in [-0.15, -0.1) is 0 Å². The first kappa shape index (κ1) is 44.5. The fraction of sp³-hybridized carbons (Fsp3) is 0.714. The van der Waals surface area contributed by atoms with Gasteiger partial charge < -0.3 is 20.8 Å². The molecule has 1 fully saturated rings.